The van der Waals surface area contributed by atoms with Gasteiger partial charge >= 0.3 is 5.97 Å². The molecule has 0 aliphatic carbocycles. The molecule has 0 saturated carbocycles. The van der Waals surface area contributed by atoms with Crippen LogP contribution in [0.3, 0.4) is 0 Å². The van der Waals surface area contributed by atoms with Crippen molar-refractivity contribution in [3.05, 3.63) is 71.0 Å². The van der Waals surface area contributed by atoms with Crippen molar-refractivity contribution < 1.29 is 23.9 Å². The Morgan fingerprint density at radius 1 is 1.00 bits per heavy atom. The Morgan fingerprint density at radius 3 is 2.28 bits per heavy atom. The Labute approximate surface area is 144 Å². The predicted octanol–water partition coefficient (Wildman–Crippen LogP) is 2.42. The number of ketones is 1. The molecule has 0 spiro atoms. The highest BCUT2D eigenvalue weighted by Gasteiger charge is 2.19. The summed E-state index contributed by atoms with van der Waals surface area (Å²) in [4.78, 5) is 34.8. The van der Waals surface area contributed by atoms with Crippen molar-refractivity contribution >= 4 is 17.7 Å². The first-order valence-corrected chi connectivity index (χ1v) is 7.67. The maximum absolute atomic E-state index is 13.0. The van der Waals surface area contributed by atoms with Gasteiger partial charge in [0, 0.05) is 13.6 Å². The Morgan fingerprint density at radius 2 is 1.64 bits per heavy atom. The molecule has 25 heavy (non-hydrogen) atoms. The van der Waals surface area contributed by atoms with Crippen molar-refractivity contribution in [3.8, 4) is 0 Å². The fraction of sp³-hybridized carbons (Fsp3) is 0.211. The molecule has 0 aliphatic heterocycles. The molecule has 0 radical (unpaired) electrons. The van der Waals surface area contributed by atoms with E-state index in [9.17, 15) is 18.8 Å². The Balaban J connectivity index is 2.00. The molecule has 1 N–H and O–H groups in total. The van der Waals surface area contributed by atoms with E-state index in [0.29, 0.717) is 6.42 Å². The van der Waals surface area contributed by atoms with Crippen LogP contribution in [0, 0.1) is 5.82 Å². The molecule has 0 saturated heterocycles. The Hall–Kier alpha value is -3.02. The number of rotatable bonds is 7. The molecular weight excluding hydrogens is 325 g/mol. The van der Waals surface area contributed by atoms with Crippen LogP contribution in [0.5, 0.6) is 0 Å². The van der Waals surface area contributed by atoms with Gasteiger partial charge in [-0.2, -0.15) is 0 Å². The normalized spacial score (nSPS) is 10.3. The van der Waals surface area contributed by atoms with Crippen molar-refractivity contribution in [1.82, 2.24) is 4.90 Å². The summed E-state index contributed by atoms with van der Waals surface area (Å²) in [6.07, 6.45) is -0.0234. The molecule has 0 bridgehead atoms. The highest BCUT2D eigenvalue weighted by Crippen LogP contribution is 2.14. The lowest BCUT2D eigenvalue weighted by molar-refractivity contribution is -0.151. The lowest BCUT2D eigenvalue weighted by Gasteiger charge is -2.17. The number of hydrogen-bond acceptors (Lipinski definition) is 3. The summed E-state index contributed by atoms with van der Waals surface area (Å²) < 4.78 is 13.0. The van der Waals surface area contributed by atoms with E-state index in [1.165, 1.54) is 24.1 Å². The number of benzene rings is 2. The van der Waals surface area contributed by atoms with Gasteiger partial charge in [-0.15, -0.1) is 0 Å². The highest BCUT2D eigenvalue weighted by molar-refractivity contribution is 6.36. The zero-order valence-corrected chi connectivity index (χ0v) is 13.7. The van der Waals surface area contributed by atoms with Gasteiger partial charge in [-0.25, -0.2) is 9.18 Å². The zero-order valence-electron chi connectivity index (χ0n) is 13.7. The number of carbonyl (C=O) groups excluding carboxylic acids is 2. The molecule has 2 aromatic carbocycles. The topological polar surface area (TPSA) is 74.7 Å². The number of carboxylic acid groups (broad SMARTS) is 1. The molecule has 0 unspecified atom stereocenters. The van der Waals surface area contributed by atoms with Gasteiger partial charge in [0.15, 0.2) is 0 Å². The molecule has 6 heteroatoms. The van der Waals surface area contributed by atoms with Gasteiger partial charge < -0.3 is 10.0 Å². The summed E-state index contributed by atoms with van der Waals surface area (Å²) in [5.74, 6) is -3.56. The lowest BCUT2D eigenvalue weighted by Crippen LogP contribution is -2.30. The highest BCUT2D eigenvalue weighted by atomic mass is 19.1. The molecule has 2 rings (SSSR count). The molecule has 1 amide bonds. The average Bonchev–Trinajstić information content (AvgIpc) is 2.57. The van der Waals surface area contributed by atoms with Crippen molar-refractivity contribution in [2.45, 2.75) is 19.4 Å². The van der Waals surface area contributed by atoms with Gasteiger partial charge in [-0.3, -0.25) is 9.59 Å². The number of nitrogens with zero attached hydrogens (tertiary/aromatic N) is 1. The van der Waals surface area contributed by atoms with Crippen molar-refractivity contribution in [2.24, 2.45) is 0 Å². The monoisotopic (exact) mass is 343 g/mol. The Kier molecular flexibility index (Phi) is 6.00. The van der Waals surface area contributed by atoms with Crippen LogP contribution in [0.4, 0.5) is 4.39 Å². The minimum absolute atomic E-state index is 0.267. The number of amides is 1. The third-order valence-corrected chi connectivity index (χ3v) is 3.71. The van der Waals surface area contributed by atoms with Crippen LogP contribution in [-0.2, 0) is 27.3 Å². The van der Waals surface area contributed by atoms with Crippen LogP contribution in [0.1, 0.15) is 23.1 Å². The van der Waals surface area contributed by atoms with Crippen molar-refractivity contribution in [1.29, 1.82) is 0 Å². The third-order valence-electron chi connectivity index (χ3n) is 3.71. The molecule has 2 aromatic rings. The summed E-state index contributed by atoms with van der Waals surface area (Å²) in [7, 11) is 1.52. The average molecular weight is 343 g/mol. The molecule has 0 aliphatic rings. The van der Waals surface area contributed by atoms with E-state index in [-0.39, 0.29) is 12.4 Å². The largest absolute Gasteiger partial charge is 0.475 e. The Bertz CT molecular complexity index is 786. The quantitative estimate of drug-likeness (QED) is 0.619. The minimum Gasteiger partial charge on any atom is -0.475 e. The summed E-state index contributed by atoms with van der Waals surface area (Å²) >= 11 is 0. The van der Waals surface area contributed by atoms with Gasteiger partial charge in [-0.05, 0) is 35.2 Å². The molecular formula is C19H18FNO4. The van der Waals surface area contributed by atoms with Gasteiger partial charge in [0.2, 0.25) is 11.7 Å². The number of halogens is 1. The standard InChI is InChI=1S/C19H18FNO4/c1-21(18(23)11-17(22)19(24)25)12-15-4-2-3-14(10-15)9-13-5-7-16(20)8-6-13/h2-8,10H,9,11-12H2,1H3,(H,24,25). The SMILES string of the molecule is CN(Cc1cccc(Cc2ccc(F)cc2)c1)C(=O)CC(=O)C(=O)O. The second kappa shape index (κ2) is 8.19. The molecule has 0 fully saturated rings. The van der Waals surface area contributed by atoms with Crippen molar-refractivity contribution in [3.63, 3.8) is 0 Å². The lowest BCUT2D eigenvalue weighted by atomic mass is 10.0. The predicted molar refractivity (Wildman–Crippen MR) is 89.4 cm³/mol. The van der Waals surface area contributed by atoms with Crippen LogP contribution in [-0.4, -0.2) is 34.7 Å². The second-order valence-electron chi connectivity index (χ2n) is 5.78. The van der Waals surface area contributed by atoms with Gasteiger partial charge in [0.25, 0.3) is 0 Å². The molecule has 0 heterocycles. The molecule has 5 nitrogen and oxygen atoms in total. The van der Waals surface area contributed by atoms with Crippen molar-refractivity contribution in [2.75, 3.05) is 7.05 Å². The number of aliphatic carboxylic acids is 1. The van der Waals surface area contributed by atoms with E-state index >= 15 is 0 Å². The minimum atomic E-state index is -1.61. The van der Waals surface area contributed by atoms with E-state index < -0.39 is 24.1 Å². The first-order chi connectivity index (χ1) is 11.8. The van der Waals surface area contributed by atoms with E-state index in [1.54, 1.807) is 12.1 Å². The van der Waals surface area contributed by atoms with Crippen LogP contribution in [0.15, 0.2) is 48.5 Å². The van der Waals surface area contributed by atoms with Gasteiger partial charge in [0.1, 0.15) is 5.82 Å². The number of carboxylic acids is 1. The number of hydrogen-bond donors (Lipinski definition) is 1. The first kappa shape index (κ1) is 18.3. The number of Topliss-reactive ketones (excluding diaryl/α,β-unsaturated/α-hetero) is 1. The van der Waals surface area contributed by atoms with E-state index in [2.05, 4.69) is 0 Å². The first-order valence-electron chi connectivity index (χ1n) is 7.67. The van der Waals surface area contributed by atoms with E-state index in [0.717, 1.165) is 16.7 Å². The molecule has 0 atom stereocenters. The zero-order chi connectivity index (χ0) is 18.4. The molecule has 0 aromatic heterocycles. The van der Waals surface area contributed by atoms with Gasteiger partial charge in [-0.1, -0.05) is 36.4 Å². The van der Waals surface area contributed by atoms with Crippen LogP contribution in [0.25, 0.3) is 0 Å². The van der Waals surface area contributed by atoms with E-state index in [1.807, 2.05) is 24.3 Å². The number of carbonyl (C=O) groups is 3. The third kappa shape index (κ3) is 5.53. The summed E-state index contributed by atoms with van der Waals surface area (Å²) in [5, 5.41) is 8.55. The van der Waals surface area contributed by atoms with Crippen LogP contribution < -0.4 is 0 Å². The maximum atomic E-state index is 13.0. The van der Waals surface area contributed by atoms with Crippen LogP contribution in [0.2, 0.25) is 0 Å². The van der Waals surface area contributed by atoms with Gasteiger partial charge in [0.05, 0.1) is 6.42 Å². The maximum Gasteiger partial charge on any atom is 0.372 e. The second-order valence-corrected chi connectivity index (χ2v) is 5.78. The fourth-order valence-corrected chi connectivity index (χ4v) is 2.39. The fourth-order valence-electron chi connectivity index (χ4n) is 2.39. The summed E-state index contributed by atoms with van der Waals surface area (Å²) in [6, 6.07) is 13.8. The van der Waals surface area contributed by atoms with E-state index in [4.69, 9.17) is 5.11 Å². The van der Waals surface area contributed by atoms with Crippen LogP contribution >= 0.6 is 0 Å². The summed E-state index contributed by atoms with van der Waals surface area (Å²) in [5.41, 5.74) is 2.83. The molecule has 130 valence electrons. The summed E-state index contributed by atoms with van der Waals surface area (Å²) in [6.45, 7) is 0.267. The smallest absolute Gasteiger partial charge is 0.372 e.